The Balaban J connectivity index is 1.40. The number of aryl methyl sites for hydroxylation is 1. The number of fused-ring (bicyclic) bond motifs is 1. The molecule has 1 aliphatic rings. The van der Waals surface area contributed by atoms with Gasteiger partial charge in [-0.1, -0.05) is 12.1 Å². The molecule has 2 aromatic heterocycles. The number of hydrogen-bond acceptors (Lipinski definition) is 9. The van der Waals surface area contributed by atoms with E-state index in [0.29, 0.717) is 53.0 Å². The number of para-hydroxylation sites is 2. The van der Waals surface area contributed by atoms with Gasteiger partial charge in [0.25, 0.3) is 5.91 Å². The summed E-state index contributed by atoms with van der Waals surface area (Å²) in [5, 5.41) is 3.15. The summed E-state index contributed by atoms with van der Waals surface area (Å²) < 4.78 is 12.0. The zero-order chi connectivity index (χ0) is 25.2. The van der Waals surface area contributed by atoms with E-state index in [-0.39, 0.29) is 5.91 Å². The summed E-state index contributed by atoms with van der Waals surface area (Å²) in [5.74, 6) is 0.603. The molecule has 0 atom stereocenters. The average molecular weight is 490 g/mol. The summed E-state index contributed by atoms with van der Waals surface area (Å²) in [6.45, 7) is 4.81. The van der Waals surface area contributed by atoms with Gasteiger partial charge in [-0.2, -0.15) is 9.66 Å². The molecule has 0 unspecified atom stereocenters. The van der Waals surface area contributed by atoms with Crippen LogP contribution < -0.4 is 21.2 Å². The third-order valence-corrected chi connectivity index (χ3v) is 6.15. The fraction of sp³-hybridized carbons (Fsp3) is 0.280. The lowest BCUT2D eigenvalue weighted by molar-refractivity contribution is 0.0661. The molecule has 186 valence electrons. The maximum Gasteiger partial charge on any atom is 0.439 e. The lowest BCUT2D eigenvalue weighted by atomic mass is 10.1. The van der Waals surface area contributed by atoms with Crippen LogP contribution in [0.25, 0.3) is 11.1 Å². The minimum atomic E-state index is -0.550. The number of nitrogens with zero attached hydrogens (tertiary/aromatic N) is 5. The van der Waals surface area contributed by atoms with Gasteiger partial charge in [-0.25, -0.2) is 9.78 Å². The number of methoxy groups -OCH3 is 1. The molecule has 0 aliphatic carbocycles. The second-order valence-corrected chi connectivity index (χ2v) is 8.64. The number of piperazine rings is 1. The van der Waals surface area contributed by atoms with E-state index < -0.39 is 5.76 Å². The van der Waals surface area contributed by atoms with Gasteiger partial charge < -0.3 is 24.3 Å². The van der Waals surface area contributed by atoms with Gasteiger partial charge in [0.2, 0.25) is 5.95 Å². The molecule has 11 heteroatoms. The van der Waals surface area contributed by atoms with Crippen LogP contribution in [0.15, 0.2) is 57.9 Å². The number of ether oxygens (including phenoxy) is 1. The number of nitrogens with one attached hydrogen (secondary N) is 2. The lowest BCUT2D eigenvalue weighted by Gasteiger charge is -2.32. The lowest BCUT2D eigenvalue weighted by Crippen LogP contribution is -2.47. The second-order valence-electron chi connectivity index (χ2n) is 8.64. The summed E-state index contributed by atoms with van der Waals surface area (Å²) in [5.41, 5.74) is 5.92. The maximum atomic E-state index is 13.2. The van der Waals surface area contributed by atoms with E-state index >= 15 is 0 Å². The Kier molecular flexibility index (Phi) is 6.30. The zero-order valence-corrected chi connectivity index (χ0v) is 20.3. The Morgan fingerprint density at radius 2 is 1.89 bits per heavy atom. The Hall–Kier alpha value is -4.38. The highest BCUT2D eigenvalue weighted by Gasteiger charge is 2.23. The molecule has 36 heavy (non-hydrogen) atoms. The van der Waals surface area contributed by atoms with Crippen molar-refractivity contribution >= 4 is 34.5 Å². The van der Waals surface area contributed by atoms with E-state index in [1.54, 1.807) is 49.7 Å². The van der Waals surface area contributed by atoms with Gasteiger partial charge in [-0.05, 0) is 44.3 Å². The number of hydrogen-bond donors (Lipinski definition) is 2. The topological polar surface area (TPSA) is 118 Å². The van der Waals surface area contributed by atoms with E-state index in [2.05, 4.69) is 25.6 Å². The standard InChI is InChI=1S/C25H27N7O4/c1-16-15-26-24(28-22(16)29-32-19-6-4-5-7-21(19)36-25(32)34)27-17-8-9-20(35-3)18(14-17)23(33)31-12-10-30(2)11-13-31/h4-9,14-15H,10-13H2,1-3H3,(H2,26,27,28,29). The van der Waals surface area contributed by atoms with Gasteiger partial charge in [-0.3, -0.25) is 10.2 Å². The van der Waals surface area contributed by atoms with Crippen molar-refractivity contribution in [2.24, 2.45) is 0 Å². The van der Waals surface area contributed by atoms with E-state index in [4.69, 9.17) is 9.15 Å². The van der Waals surface area contributed by atoms with Crippen molar-refractivity contribution < 1.29 is 13.9 Å². The van der Waals surface area contributed by atoms with Crippen molar-refractivity contribution in [3.05, 3.63) is 70.3 Å². The number of aromatic nitrogens is 3. The Morgan fingerprint density at radius 3 is 2.67 bits per heavy atom. The molecule has 1 amide bonds. The zero-order valence-electron chi connectivity index (χ0n) is 20.3. The first kappa shape index (κ1) is 23.4. The monoisotopic (exact) mass is 489 g/mol. The largest absolute Gasteiger partial charge is 0.496 e. The number of amides is 1. The smallest absolute Gasteiger partial charge is 0.439 e. The Labute approximate surface area is 207 Å². The molecule has 5 rings (SSSR count). The van der Waals surface area contributed by atoms with E-state index in [0.717, 1.165) is 18.7 Å². The predicted molar refractivity (Wildman–Crippen MR) is 136 cm³/mol. The van der Waals surface area contributed by atoms with Crippen molar-refractivity contribution in [2.75, 3.05) is 51.1 Å². The fourth-order valence-corrected chi connectivity index (χ4v) is 4.06. The number of likely N-dealkylation sites (N-methyl/N-ethyl adjacent to an activating group) is 1. The van der Waals surface area contributed by atoms with Gasteiger partial charge >= 0.3 is 5.76 Å². The number of benzene rings is 2. The van der Waals surface area contributed by atoms with Crippen LogP contribution in [0.2, 0.25) is 0 Å². The van der Waals surface area contributed by atoms with Crippen LogP contribution in [-0.4, -0.2) is 70.7 Å². The highest BCUT2D eigenvalue weighted by atomic mass is 16.5. The van der Waals surface area contributed by atoms with Gasteiger partial charge in [0, 0.05) is 43.6 Å². The highest BCUT2D eigenvalue weighted by Crippen LogP contribution is 2.26. The van der Waals surface area contributed by atoms with Crippen LogP contribution >= 0.6 is 0 Å². The summed E-state index contributed by atoms with van der Waals surface area (Å²) in [6, 6.07) is 12.4. The Morgan fingerprint density at radius 1 is 1.11 bits per heavy atom. The number of anilines is 3. The molecular weight excluding hydrogens is 462 g/mol. The molecule has 0 spiro atoms. The number of carbonyl (C=O) groups excluding carboxylic acids is 1. The van der Waals surface area contributed by atoms with Crippen LogP contribution in [0.4, 0.5) is 17.5 Å². The van der Waals surface area contributed by atoms with Crippen molar-refractivity contribution in [1.29, 1.82) is 0 Å². The normalized spacial score (nSPS) is 14.1. The van der Waals surface area contributed by atoms with Crippen molar-refractivity contribution in [2.45, 2.75) is 6.92 Å². The van der Waals surface area contributed by atoms with Gasteiger partial charge in [0.15, 0.2) is 11.4 Å². The molecule has 1 fully saturated rings. The first-order valence-corrected chi connectivity index (χ1v) is 11.6. The summed E-state index contributed by atoms with van der Waals surface area (Å²) in [6.07, 6.45) is 1.64. The first-order chi connectivity index (χ1) is 17.4. The predicted octanol–water partition coefficient (Wildman–Crippen LogP) is 2.71. The maximum absolute atomic E-state index is 13.2. The van der Waals surface area contributed by atoms with Crippen LogP contribution in [0.5, 0.6) is 5.75 Å². The number of oxazole rings is 1. The molecule has 0 saturated carbocycles. The minimum absolute atomic E-state index is 0.0815. The number of rotatable bonds is 6. The van der Waals surface area contributed by atoms with E-state index in [1.807, 2.05) is 24.9 Å². The van der Waals surface area contributed by atoms with Crippen molar-refractivity contribution in [3.8, 4) is 5.75 Å². The molecule has 1 saturated heterocycles. The van der Waals surface area contributed by atoms with Crippen LogP contribution in [0.3, 0.4) is 0 Å². The van der Waals surface area contributed by atoms with Gasteiger partial charge in [-0.15, -0.1) is 0 Å². The molecule has 0 bridgehead atoms. The second kappa shape index (κ2) is 9.70. The van der Waals surface area contributed by atoms with E-state index in [9.17, 15) is 9.59 Å². The molecule has 3 heterocycles. The first-order valence-electron chi connectivity index (χ1n) is 11.6. The van der Waals surface area contributed by atoms with Gasteiger partial charge in [0.05, 0.1) is 12.7 Å². The molecule has 1 aliphatic heterocycles. The molecule has 2 aromatic carbocycles. The SMILES string of the molecule is COc1ccc(Nc2ncc(C)c(Nn3c(=O)oc4ccccc43)n2)cc1C(=O)N1CCN(C)CC1. The molecular formula is C25H27N7O4. The summed E-state index contributed by atoms with van der Waals surface area (Å²) >= 11 is 0. The molecule has 11 nitrogen and oxygen atoms in total. The molecule has 0 radical (unpaired) electrons. The summed E-state index contributed by atoms with van der Waals surface area (Å²) in [7, 11) is 3.59. The van der Waals surface area contributed by atoms with Crippen LogP contribution in [0.1, 0.15) is 15.9 Å². The molecule has 4 aromatic rings. The third-order valence-electron chi connectivity index (χ3n) is 6.15. The van der Waals surface area contributed by atoms with E-state index in [1.165, 1.54) is 4.68 Å². The quantitative estimate of drug-likeness (QED) is 0.421. The Bertz CT molecular complexity index is 1470. The molecule has 2 N–H and O–H groups in total. The van der Waals surface area contributed by atoms with Crippen LogP contribution in [-0.2, 0) is 0 Å². The highest BCUT2D eigenvalue weighted by molar-refractivity contribution is 5.98. The van der Waals surface area contributed by atoms with Crippen molar-refractivity contribution in [3.63, 3.8) is 0 Å². The fourth-order valence-electron chi connectivity index (χ4n) is 4.06. The number of carbonyl (C=O) groups is 1. The van der Waals surface area contributed by atoms with Crippen molar-refractivity contribution in [1.82, 2.24) is 24.4 Å². The minimum Gasteiger partial charge on any atom is -0.496 e. The van der Waals surface area contributed by atoms with Crippen LogP contribution in [0, 0.1) is 6.92 Å². The summed E-state index contributed by atoms with van der Waals surface area (Å²) in [4.78, 5) is 38.5. The average Bonchev–Trinajstić information content (AvgIpc) is 3.20. The van der Waals surface area contributed by atoms with Gasteiger partial charge in [0.1, 0.15) is 11.3 Å². The third kappa shape index (κ3) is 4.60.